The van der Waals surface area contributed by atoms with E-state index in [2.05, 4.69) is 29.4 Å². The Kier molecular flexibility index (Phi) is 7.57. The van der Waals surface area contributed by atoms with Crippen molar-refractivity contribution in [3.05, 3.63) is 81.1 Å². The lowest BCUT2D eigenvalue weighted by molar-refractivity contribution is -0.122. The van der Waals surface area contributed by atoms with Gasteiger partial charge in [0, 0.05) is 19.3 Å². The number of aromatic nitrogens is 2. The Bertz CT molecular complexity index is 1250. The van der Waals surface area contributed by atoms with Crippen LogP contribution in [0.1, 0.15) is 37.3 Å². The van der Waals surface area contributed by atoms with Crippen LogP contribution < -0.4 is 10.9 Å². The van der Waals surface area contributed by atoms with E-state index in [4.69, 9.17) is 12.2 Å². The second kappa shape index (κ2) is 10.8. The van der Waals surface area contributed by atoms with Crippen LogP contribution in [-0.4, -0.2) is 37.6 Å². The van der Waals surface area contributed by atoms with E-state index in [-0.39, 0.29) is 11.5 Å². The molecule has 4 rings (SSSR count). The number of carbonyl (C=O) groups excluding carboxylic acids is 1. The van der Waals surface area contributed by atoms with Gasteiger partial charge in [0.25, 0.3) is 11.5 Å². The Morgan fingerprint density at radius 3 is 2.67 bits per heavy atom. The van der Waals surface area contributed by atoms with Crippen molar-refractivity contribution in [2.75, 3.05) is 18.4 Å². The summed E-state index contributed by atoms with van der Waals surface area (Å²) >= 11 is 6.68. The highest BCUT2D eigenvalue weighted by Gasteiger charge is 2.32. The van der Waals surface area contributed by atoms with Crippen molar-refractivity contribution < 1.29 is 4.79 Å². The van der Waals surface area contributed by atoms with Crippen LogP contribution in [0.5, 0.6) is 0 Å². The zero-order chi connectivity index (χ0) is 23.2. The second-order valence-electron chi connectivity index (χ2n) is 7.81. The van der Waals surface area contributed by atoms with Crippen molar-refractivity contribution in [3.63, 3.8) is 0 Å². The molecule has 1 N–H and O–H groups in total. The first-order valence-electron chi connectivity index (χ1n) is 11.1. The van der Waals surface area contributed by atoms with Gasteiger partial charge in [0.15, 0.2) is 0 Å². The maximum Gasteiger partial charge on any atom is 0.267 e. The molecule has 1 fully saturated rings. The lowest BCUT2D eigenvalue weighted by Crippen LogP contribution is -2.29. The van der Waals surface area contributed by atoms with Crippen molar-refractivity contribution in [3.8, 4) is 0 Å². The van der Waals surface area contributed by atoms with Gasteiger partial charge >= 0.3 is 0 Å². The van der Waals surface area contributed by atoms with Gasteiger partial charge in [-0.2, -0.15) is 0 Å². The molecule has 0 atom stereocenters. The summed E-state index contributed by atoms with van der Waals surface area (Å²) in [6.45, 7) is 3.34. The van der Waals surface area contributed by atoms with Crippen LogP contribution in [0.2, 0.25) is 0 Å². The van der Waals surface area contributed by atoms with E-state index in [1.54, 1.807) is 29.3 Å². The molecule has 3 aromatic rings. The lowest BCUT2D eigenvalue weighted by atomic mass is 10.1. The van der Waals surface area contributed by atoms with Gasteiger partial charge in [-0.3, -0.25) is 18.9 Å². The largest absolute Gasteiger partial charge is 0.369 e. The van der Waals surface area contributed by atoms with Crippen LogP contribution in [0.15, 0.2) is 64.4 Å². The molecule has 2 aromatic heterocycles. The molecule has 1 saturated heterocycles. The van der Waals surface area contributed by atoms with Gasteiger partial charge in [-0.1, -0.05) is 80.1 Å². The number of amides is 1. The number of anilines is 1. The van der Waals surface area contributed by atoms with Gasteiger partial charge in [0.2, 0.25) is 0 Å². The molecule has 33 heavy (non-hydrogen) atoms. The van der Waals surface area contributed by atoms with E-state index in [0.29, 0.717) is 39.3 Å². The highest BCUT2D eigenvalue weighted by Crippen LogP contribution is 2.33. The van der Waals surface area contributed by atoms with E-state index in [1.165, 1.54) is 21.7 Å². The topological polar surface area (TPSA) is 66.7 Å². The second-order valence-corrected chi connectivity index (χ2v) is 9.49. The van der Waals surface area contributed by atoms with Crippen molar-refractivity contribution >= 4 is 51.7 Å². The van der Waals surface area contributed by atoms with Crippen LogP contribution in [0.4, 0.5) is 5.82 Å². The number of carbonyl (C=O) groups is 1. The summed E-state index contributed by atoms with van der Waals surface area (Å²) in [7, 11) is 0. The highest BCUT2D eigenvalue weighted by atomic mass is 32.2. The predicted molar refractivity (Wildman–Crippen MR) is 140 cm³/mol. The van der Waals surface area contributed by atoms with Crippen LogP contribution in [0, 0.1) is 0 Å². The molecule has 0 spiro atoms. The number of rotatable bonds is 9. The normalized spacial score (nSPS) is 15.1. The van der Waals surface area contributed by atoms with Gasteiger partial charge < -0.3 is 5.32 Å². The Hall–Kier alpha value is -2.97. The van der Waals surface area contributed by atoms with Crippen molar-refractivity contribution in [2.24, 2.45) is 0 Å². The molecule has 3 heterocycles. The summed E-state index contributed by atoms with van der Waals surface area (Å²) in [4.78, 5) is 33.1. The molecule has 170 valence electrons. The Balaban J connectivity index is 1.64. The Morgan fingerprint density at radius 1 is 1.09 bits per heavy atom. The molecule has 1 aliphatic heterocycles. The molecule has 1 amide bonds. The fourth-order valence-electron chi connectivity index (χ4n) is 3.68. The van der Waals surface area contributed by atoms with Crippen LogP contribution in [0.3, 0.4) is 0 Å². The minimum Gasteiger partial charge on any atom is -0.369 e. The van der Waals surface area contributed by atoms with Gasteiger partial charge in [0.1, 0.15) is 15.8 Å². The zero-order valence-corrected chi connectivity index (χ0v) is 20.1. The molecule has 0 aliphatic carbocycles. The quantitative estimate of drug-likeness (QED) is 0.272. The minimum atomic E-state index is -0.223. The standard InChI is InChI=1S/C25H26N4O2S2/c1-2-3-8-16-29-24(31)20(33-25(29)32)17-19-22(26-14-13-18-10-5-4-6-11-18)27-21-12-7-9-15-28(21)23(19)30/h4-7,9-12,15,17,26H,2-3,8,13-14,16H2,1H3. The van der Waals surface area contributed by atoms with Crippen molar-refractivity contribution in [1.82, 2.24) is 14.3 Å². The Labute approximate surface area is 202 Å². The fourth-order valence-corrected chi connectivity index (χ4v) is 4.97. The number of benzene rings is 1. The number of thioether (sulfide) groups is 1. The van der Waals surface area contributed by atoms with E-state index in [1.807, 2.05) is 24.3 Å². The van der Waals surface area contributed by atoms with E-state index in [0.717, 1.165) is 25.7 Å². The third-order valence-electron chi connectivity index (χ3n) is 5.45. The fraction of sp³-hybridized carbons (Fsp3) is 0.280. The van der Waals surface area contributed by atoms with E-state index in [9.17, 15) is 9.59 Å². The first kappa shape index (κ1) is 23.2. The average molecular weight is 479 g/mol. The van der Waals surface area contributed by atoms with Gasteiger partial charge in [-0.25, -0.2) is 4.98 Å². The van der Waals surface area contributed by atoms with Gasteiger partial charge in [-0.15, -0.1) is 0 Å². The molecular formula is C25H26N4O2S2. The third kappa shape index (κ3) is 5.34. The number of nitrogens with zero attached hydrogens (tertiary/aromatic N) is 3. The van der Waals surface area contributed by atoms with E-state index < -0.39 is 0 Å². The average Bonchev–Trinajstić information content (AvgIpc) is 3.09. The number of nitrogens with one attached hydrogen (secondary N) is 1. The van der Waals surface area contributed by atoms with Gasteiger partial charge in [-0.05, 0) is 36.6 Å². The molecule has 1 aromatic carbocycles. The zero-order valence-electron chi connectivity index (χ0n) is 18.5. The molecular weight excluding hydrogens is 452 g/mol. The summed E-state index contributed by atoms with van der Waals surface area (Å²) in [5.41, 5.74) is 1.88. The minimum absolute atomic E-state index is 0.145. The summed E-state index contributed by atoms with van der Waals surface area (Å²) in [6, 6.07) is 15.5. The van der Waals surface area contributed by atoms with Crippen LogP contribution in [-0.2, 0) is 11.2 Å². The molecule has 8 heteroatoms. The molecule has 0 bridgehead atoms. The number of hydrogen-bond acceptors (Lipinski definition) is 6. The highest BCUT2D eigenvalue weighted by molar-refractivity contribution is 8.26. The number of pyridine rings is 1. The molecule has 0 radical (unpaired) electrons. The van der Waals surface area contributed by atoms with Crippen LogP contribution >= 0.6 is 24.0 Å². The summed E-state index contributed by atoms with van der Waals surface area (Å²) in [5.74, 6) is 0.326. The lowest BCUT2D eigenvalue weighted by Gasteiger charge is -2.13. The van der Waals surface area contributed by atoms with Crippen LogP contribution in [0.25, 0.3) is 11.7 Å². The molecule has 0 unspecified atom stereocenters. The monoisotopic (exact) mass is 478 g/mol. The molecule has 0 saturated carbocycles. The van der Waals surface area contributed by atoms with Crippen molar-refractivity contribution in [2.45, 2.75) is 32.6 Å². The summed E-state index contributed by atoms with van der Waals surface area (Å²) < 4.78 is 2.03. The number of thiocarbonyl (C=S) groups is 1. The molecule has 6 nitrogen and oxygen atoms in total. The Morgan fingerprint density at radius 2 is 1.88 bits per heavy atom. The first-order chi connectivity index (χ1) is 16.1. The predicted octanol–water partition coefficient (Wildman–Crippen LogP) is 4.74. The SMILES string of the molecule is CCCCCN1C(=O)C(=Cc2c(NCCc3ccccc3)nc3ccccn3c2=O)SC1=S. The summed E-state index contributed by atoms with van der Waals surface area (Å²) in [5, 5.41) is 3.31. The van der Waals surface area contributed by atoms with Gasteiger partial charge in [0.05, 0.1) is 10.5 Å². The van der Waals surface area contributed by atoms with Crippen molar-refractivity contribution in [1.29, 1.82) is 0 Å². The number of hydrogen-bond donors (Lipinski definition) is 1. The molecule has 1 aliphatic rings. The first-order valence-corrected chi connectivity index (χ1v) is 12.4. The van der Waals surface area contributed by atoms with E-state index >= 15 is 0 Å². The third-order valence-corrected chi connectivity index (χ3v) is 6.83. The maximum atomic E-state index is 13.3. The number of unbranched alkanes of at least 4 members (excludes halogenated alkanes) is 2. The number of fused-ring (bicyclic) bond motifs is 1. The smallest absolute Gasteiger partial charge is 0.267 e. The maximum absolute atomic E-state index is 13.3. The summed E-state index contributed by atoms with van der Waals surface area (Å²) in [6.07, 6.45) is 7.13.